The predicted octanol–water partition coefficient (Wildman–Crippen LogP) is 0.116. The highest BCUT2D eigenvalue weighted by atomic mass is 79.9. The van der Waals surface area contributed by atoms with Crippen LogP contribution in [-0.4, -0.2) is 37.2 Å². The van der Waals surface area contributed by atoms with Gasteiger partial charge in [-0.3, -0.25) is 10.1 Å². The molecule has 0 heterocycles. The van der Waals surface area contributed by atoms with Crippen LogP contribution in [0, 0.1) is 0 Å². The van der Waals surface area contributed by atoms with Crippen molar-refractivity contribution in [2.45, 2.75) is 4.90 Å². The Balaban J connectivity index is 3.15. The number of carboxylic acid groups (broad SMARTS) is 1. The first-order valence-corrected chi connectivity index (χ1v) is 7.43. The van der Waals surface area contributed by atoms with Crippen LogP contribution < -0.4 is 11.1 Å². The summed E-state index contributed by atoms with van der Waals surface area (Å²) >= 11 is 2.96. The SMILES string of the molecule is NC(=O)NC(=O)CS(=O)(=O)c1cc(C(=O)O)ccc1Br. The summed E-state index contributed by atoms with van der Waals surface area (Å²) in [5.74, 6) is -3.45. The van der Waals surface area contributed by atoms with Crippen molar-refractivity contribution in [2.24, 2.45) is 5.73 Å². The molecule has 0 radical (unpaired) electrons. The van der Waals surface area contributed by atoms with Crippen LogP contribution in [0.5, 0.6) is 0 Å². The van der Waals surface area contributed by atoms with Crippen molar-refractivity contribution in [1.82, 2.24) is 5.32 Å². The molecule has 4 N–H and O–H groups in total. The molecule has 10 heteroatoms. The molecule has 0 saturated heterocycles. The highest BCUT2D eigenvalue weighted by Gasteiger charge is 2.23. The van der Waals surface area contributed by atoms with Crippen molar-refractivity contribution in [1.29, 1.82) is 0 Å². The second kappa shape index (κ2) is 6.01. The molecule has 1 aromatic carbocycles. The lowest BCUT2D eigenvalue weighted by Gasteiger charge is -2.07. The summed E-state index contributed by atoms with van der Waals surface area (Å²) in [5, 5.41) is 10.4. The largest absolute Gasteiger partial charge is 0.478 e. The van der Waals surface area contributed by atoms with Crippen LogP contribution in [-0.2, 0) is 14.6 Å². The first kappa shape index (κ1) is 16.1. The quantitative estimate of drug-likeness (QED) is 0.691. The molecule has 0 spiro atoms. The second-order valence-corrected chi connectivity index (χ2v) is 6.43. The Kier molecular flexibility index (Phi) is 4.84. The fraction of sp³-hybridized carbons (Fsp3) is 0.100. The number of amides is 3. The minimum atomic E-state index is -4.12. The van der Waals surface area contributed by atoms with Crippen molar-refractivity contribution in [3.8, 4) is 0 Å². The number of aromatic carboxylic acids is 1. The molecule has 1 rings (SSSR count). The molecule has 0 unspecified atom stereocenters. The molecule has 0 aliphatic rings. The van der Waals surface area contributed by atoms with Crippen LogP contribution in [0.15, 0.2) is 27.6 Å². The third-order valence-corrected chi connectivity index (χ3v) is 4.70. The highest BCUT2D eigenvalue weighted by Crippen LogP contribution is 2.24. The Morgan fingerprint density at radius 1 is 1.30 bits per heavy atom. The topological polar surface area (TPSA) is 144 Å². The Hall–Kier alpha value is -1.94. The summed E-state index contributed by atoms with van der Waals surface area (Å²) in [6.45, 7) is 0. The molecule has 0 fully saturated rings. The molecule has 8 nitrogen and oxygen atoms in total. The zero-order valence-electron chi connectivity index (χ0n) is 9.79. The monoisotopic (exact) mass is 364 g/mol. The zero-order valence-corrected chi connectivity index (χ0v) is 12.2. The minimum Gasteiger partial charge on any atom is -0.478 e. The van der Waals surface area contributed by atoms with E-state index < -0.39 is 33.5 Å². The summed E-state index contributed by atoms with van der Waals surface area (Å²) < 4.78 is 24.1. The van der Waals surface area contributed by atoms with E-state index in [-0.39, 0.29) is 14.9 Å². The van der Waals surface area contributed by atoms with Gasteiger partial charge in [0.25, 0.3) is 0 Å². The van der Waals surface area contributed by atoms with Gasteiger partial charge in [0, 0.05) is 4.47 Å². The first-order valence-electron chi connectivity index (χ1n) is 4.98. The third kappa shape index (κ3) is 4.03. The van der Waals surface area contributed by atoms with E-state index in [1.807, 2.05) is 0 Å². The van der Waals surface area contributed by atoms with Gasteiger partial charge in [-0.1, -0.05) is 0 Å². The number of nitrogens with two attached hydrogens (primary N) is 1. The van der Waals surface area contributed by atoms with Crippen molar-refractivity contribution in [3.05, 3.63) is 28.2 Å². The number of rotatable bonds is 4. The molecule has 0 saturated carbocycles. The number of benzene rings is 1. The number of primary amides is 1. The number of halogens is 1. The lowest BCUT2D eigenvalue weighted by Crippen LogP contribution is -2.38. The number of carbonyl (C=O) groups is 3. The Morgan fingerprint density at radius 3 is 2.40 bits per heavy atom. The van der Waals surface area contributed by atoms with Gasteiger partial charge in [-0.2, -0.15) is 0 Å². The van der Waals surface area contributed by atoms with E-state index in [0.29, 0.717) is 0 Å². The van der Waals surface area contributed by atoms with E-state index in [4.69, 9.17) is 10.8 Å². The van der Waals surface area contributed by atoms with Gasteiger partial charge in [-0.15, -0.1) is 0 Å². The Labute approximate surface area is 122 Å². The average molecular weight is 365 g/mol. The standard InChI is InChI=1S/C10H9BrN2O6S/c11-6-2-1-5(9(15)16)3-7(6)20(18,19)4-8(14)13-10(12)17/h1-3H,4H2,(H,15,16)(H3,12,13,14,17). The lowest BCUT2D eigenvalue weighted by atomic mass is 10.2. The molecular weight excluding hydrogens is 356 g/mol. The van der Waals surface area contributed by atoms with E-state index in [2.05, 4.69) is 15.9 Å². The van der Waals surface area contributed by atoms with Crippen molar-refractivity contribution in [2.75, 3.05) is 5.75 Å². The number of hydrogen-bond acceptors (Lipinski definition) is 5. The molecule has 0 aliphatic carbocycles. The maximum absolute atomic E-state index is 12.0. The maximum Gasteiger partial charge on any atom is 0.335 e. The number of nitrogens with one attached hydrogen (secondary N) is 1. The van der Waals surface area contributed by atoms with Crippen LogP contribution >= 0.6 is 15.9 Å². The van der Waals surface area contributed by atoms with E-state index in [1.54, 1.807) is 5.32 Å². The normalized spacial score (nSPS) is 10.8. The Morgan fingerprint density at radius 2 is 1.90 bits per heavy atom. The van der Waals surface area contributed by atoms with E-state index in [0.717, 1.165) is 6.07 Å². The number of sulfone groups is 1. The molecule has 20 heavy (non-hydrogen) atoms. The fourth-order valence-corrected chi connectivity index (χ4v) is 3.53. The maximum atomic E-state index is 12.0. The average Bonchev–Trinajstić information content (AvgIpc) is 2.26. The molecule has 1 aromatic rings. The van der Waals surface area contributed by atoms with Gasteiger partial charge in [0.15, 0.2) is 9.84 Å². The molecule has 0 bridgehead atoms. The number of carboxylic acids is 1. The minimum absolute atomic E-state index is 0.106. The number of imide groups is 1. The Bertz CT molecular complexity index is 685. The molecular formula is C10H9BrN2O6S. The van der Waals surface area contributed by atoms with Crippen LogP contribution in [0.1, 0.15) is 10.4 Å². The number of hydrogen-bond donors (Lipinski definition) is 3. The van der Waals surface area contributed by atoms with E-state index >= 15 is 0 Å². The smallest absolute Gasteiger partial charge is 0.335 e. The fourth-order valence-electron chi connectivity index (χ4n) is 1.30. The lowest BCUT2D eigenvalue weighted by molar-refractivity contribution is -0.117. The van der Waals surface area contributed by atoms with Gasteiger partial charge in [0.2, 0.25) is 5.91 Å². The van der Waals surface area contributed by atoms with E-state index in [1.165, 1.54) is 12.1 Å². The van der Waals surface area contributed by atoms with Gasteiger partial charge in [0.1, 0.15) is 5.75 Å². The van der Waals surface area contributed by atoms with Crippen LogP contribution in [0.2, 0.25) is 0 Å². The van der Waals surface area contributed by atoms with Gasteiger partial charge >= 0.3 is 12.0 Å². The summed E-state index contributed by atoms with van der Waals surface area (Å²) in [7, 11) is -4.12. The van der Waals surface area contributed by atoms with Crippen molar-refractivity contribution >= 4 is 43.7 Å². The van der Waals surface area contributed by atoms with Crippen molar-refractivity contribution in [3.63, 3.8) is 0 Å². The summed E-state index contributed by atoms with van der Waals surface area (Å²) in [5.41, 5.74) is 4.44. The van der Waals surface area contributed by atoms with Gasteiger partial charge in [-0.25, -0.2) is 18.0 Å². The summed E-state index contributed by atoms with van der Waals surface area (Å²) in [4.78, 5) is 32.1. The summed E-state index contributed by atoms with van der Waals surface area (Å²) in [6, 6.07) is 2.18. The van der Waals surface area contributed by atoms with Crippen LogP contribution in [0.25, 0.3) is 0 Å². The van der Waals surface area contributed by atoms with Crippen molar-refractivity contribution < 1.29 is 27.9 Å². The van der Waals surface area contributed by atoms with Gasteiger partial charge in [0.05, 0.1) is 10.5 Å². The number of carbonyl (C=O) groups excluding carboxylic acids is 2. The summed E-state index contributed by atoms with van der Waals surface area (Å²) in [6.07, 6.45) is 0. The van der Waals surface area contributed by atoms with Crippen LogP contribution in [0.3, 0.4) is 0 Å². The number of urea groups is 1. The highest BCUT2D eigenvalue weighted by molar-refractivity contribution is 9.10. The first-order chi connectivity index (χ1) is 9.13. The molecule has 108 valence electrons. The zero-order chi connectivity index (χ0) is 15.5. The third-order valence-electron chi connectivity index (χ3n) is 2.10. The molecule has 0 aromatic heterocycles. The predicted molar refractivity (Wildman–Crippen MR) is 70.9 cm³/mol. The second-order valence-electron chi connectivity index (χ2n) is 3.62. The van der Waals surface area contributed by atoms with Gasteiger partial charge in [-0.05, 0) is 34.1 Å². The van der Waals surface area contributed by atoms with Crippen LogP contribution in [0.4, 0.5) is 4.79 Å². The molecule has 0 atom stereocenters. The van der Waals surface area contributed by atoms with E-state index in [9.17, 15) is 22.8 Å². The molecule has 0 aliphatic heterocycles. The molecule has 3 amide bonds. The van der Waals surface area contributed by atoms with Gasteiger partial charge < -0.3 is 10.8 Å².